The lowest BCUT2D eigenvalue weighted by Crippen LogP contribution is -2.40. The molecule has 5 nitrogen and oxygen atoms in total. The maximum atomic E-state index is 12.6. The summed E-state index contributed by atoms with van der Waals surface area (Å²) in [5, 5.41) is 0. The van der Waals surface area contributed by atoms with Gasteiger partial charge in [0.15, 0.2) is 0 Å². The highest BCUT2D eigenvalue weighted by Gasteiger charge is 2.39. The number of hydrogen-bond donors (Lipinski definition) is 0. The van der Waals surface area contributed by atoms with Crippen LogP contribution in [0, 0.1) is 0 Å². The Morgan fingerprint density at radius 3 is 2.48 bits per heavy atom. The molecule has 2 aliphatic carbocycles. The Bertz CT molecular complexity index is 798. The number of nitrogens with zero attached hydrogens (tertiary/aromatic N) is 3. The van der Waals surface area contributed by atoms with Gasteiger partial charge in [-0.15, -0.1) is 0 Å². The van der Waals surface area contributed by atoms with E-state index in [0.29, 0.717) is 43.7 Å². The maximum Gasteiger partial charge on any atom is 0.254 e. The maximum absolute atomic E-state index is 12.6. The van der Waals surface area contributed by atoms with E-state index in [0.717, 1.165) is 11.0 Å². The van der Waals surface area contributed by atoms with E-state index in [1.54, 1.807) is 0 Å². The largest absolute Gasteiger partial charge is 0.378 e. The average molecular weight is 309 g/mol. The highest BCUT2D eigenvalue weighted by molar-refractivity contribution is 5.97. The predicted molar refractivity (Wildman–Crippen MR) is 85.6 cm³/mol. The van der Waals surface area contributed by atoms with E-state index in [1.807, 2.05) is 23.1 Å². The molecule has 2 fully saturated rings. The Labute approximate surface area is 134 Å². The second-order valence-corrected chi connectivity index (χ2v) is 6.81. The Morgan fingerprint density at radius 1 is 1.04 bits per heavy atom. The van der Waals surface area contributed by atoms with E-state index in [-0.39, 0.29) is 5.91 Å². The minimum atomic E-state index is 0.0685. The monoisotopic (exact) mass is 309 g/mol. The van der Waals surface area contributed by atoms with E-state index in [2.05, 4.69) is 0 Å². The number of rotatable bonds is 1. The fourth-order valence-corrected chi connectivity index (χ4v) is 4.24. The number of aromatic nitrogens is 2. The number of ether oxygens (including phenoxy) is 1. The first-order chi connectivity index (χ1) is 11.3. The molecule has 1 aliphatic heterocycles. The fourth-order valence-electron chi connectivity index (χ4n) is 4.24. The number of fused-ring (bicyclic) bond motifs is 6. The zero-order valence-electron chi connectivity index (χ0n) is 13.0. The van der Waals surface area contributed by atoms with Crippen molar-refractivity contribution in [2.45, 2.75) is 31.1 Å². The van der Waals surface area contributed by atoms with Crippen LogP contribution in [0.2, 0.25) is 0 Å². The van der Waals surface area contributed by atoms with Crippen molar-refractivity contribution in [3.63, 3.8) is 0 Å². The SMILES string of the molecule is O=C(c1ccc2nc3c(nc2c1)C1CCC3C1)N1CCOCC1. The molecule has 1 saturated heterocycles. The lowest BCUT2D eigenvalue weighted by atomic mass is 10.00. The third-order valence-corrected chi connectivity index (χ3v) is 5.47. The van der Waals surface area contributed by atoms with E-state index < -0.39 is 0 Å². The molecular weight excluding hydrogens is 290 g/mol. The Morgan fingerprint density at radius 2 is 1.74 bits per heavy atom. The molecule has 2 atom stereocenters. The van der Waals surface area contributed by atoms with Crippen LogP contribution < -0.4 is 0 Å². The summed E-state index contributed by atoms with van der Waals surface area (Å²) >= 11 is 0. The summed E-state index contributed by atoms with van der Waals surface area (Å²) in [5.41, 5.74) is 4.87. The van der Waals surface area contributed by atoms with Crippen molar-refractivity contribution >= 4 is 16.9 Å². The van der Waals surface area contributed by atoms with Gasteiger partial charge in [-0.1, -0.05) is 0 Å². The molecule has 1 amide bonds. The molecule has 1 aromatic carbocycles. The van der Waals surface area contributed by atoms with Gasteiger partial charge in [0, 0.05) is 30.5 Å². The van der Waals surface area contributed by atoms with Gasteiger partial charge in [0.2, 0.25) is 0 Å². The van der Waals surface area contributed by atoms with Crippen molar-refractivity contribution in [2.24, 2.45) is 0 Å². The van der Waals surface area contributed by atoms with Gasteiger partial charge in [-0.05, 0) is 37.5 Å². The summed E-state index contributed by atoms with van der Waals surface area (Å²) in [6.07, 6.45) is 3.71. The van der Waals surface area contributed by atoms with Crippen molar-refractivity contribution < 1.29 is 9.53 Å². The number of carbonyl (C=O) groups excluding carboxylic acids is 1. The second-order valence-electron chi connectivity index (χ2n) is 6.81. The zero-order valence-corrected chi connectivity index (χ0v) is 13.0. The van der Waals surface area contributed by atoms with Gasteiger partial charge in [-0.25, -0.2) is 9.97 Å². The number of hydrogen-bond acceptors (Lipinski definition) is 4. The second kappa shape index (κ2) is 4.99. The molecule has 2 aromatic rings. The normalized spacial score (nSPS) is 25.8. The summed E-state index contributed by atoms with van der Waals surface area (Å²) in [5.74, 6) is 1.27. The van der Waals surface area contributed by atoms with Crippen LogP contribution in [0.4, 0.5) is 0 Å². The highest BCUT2D eigenvalue weighted by Crippen LogP contribution is 2.51. The topological polar surface area (TPSA) is 55.3 Å². The molecular formula is C18H19N3O2. The molecule has 0 N–H and O–H groups in total. The molecule has 2 bridgehead atoms. The fraction of sp³-hybridized carbons (Fsp3) is 0.500. The lowest BCUT2D eigenvalue weighted by Gasteiger charge is -2.26. The van der Waals surface area contributed by atoms with Crippen LogP contribution in [0.3, 0.4) is 0 Å². The van der Waals surface area contributed by atoms with Gasteiger partial charge in [0.1, 0.15) is 0 Å². The summed E-state index contributed by atoms with van der Waals surface area (Å²) in [6, 6.07) is 5.74. The zero-order chi connectivity index (χ0) is 15.4. The molecule has 1 saturated carbocycles. The van der Waals surface area contributed by atoms with Crippen LogP contribution in [0.15, 0.2) is 18.2 Å². The average Bonchev–Trinajstić information content (AvgIpc) is 3.22. The summed E-state index contributed by atoms with van der Waals surface area (Å²) in [6.45, 7) is 2.57. The molecule has 1 aromatic heterocycles. The smallest absolute Gasteiger partial charge is 0.254 e. The molecule has 2 unspecified atom stereocenters. The van der Waals surface area contributed by atoms with Crippen LogP contribution in [0.25, 0.3) is 11.0 Å². The summed E-state index contributed by atoms with van der Waals surface area (Å²) in [7, 11) is 0. The van der Waals surface area contributed by atoms with Gasteiger partial charge >= 0.3 is 0 Å². The molecule has 0 radical (unpaired) electrons. The van der Waals surface area contributed by atoms with Crippen LogP contribution in [-0.2, 0) is 4.74 Å². The number of carbonyl (C=O) groups is 1. The van der Waals surface area contributed by atoms with Crippen molar-refractivity contribution in [3.05, 3.63) is 35.2 Å². The van der Waals surface area contributed by atoms with Crippen molar-refractivity contribution in [3.8, 4) is 0 Å². The molecule has 118 valence electrons. The minimum absolute atomic E-state index is 0.0685. The van der Waals surface area contributed by atoms with Crippen molar-refractivity contribution in [1.29, 1.82) is 0 Å². The van der Waals surface area contributed by atoms with E-state index in [1.165, 1.54) is 30.7 Å². The number of amides is 1. The molecule has 5 heteroatoms. The highest BCUT2D eigenvalue weighted by atomic mass is 16.5. The molecule has 2 heterocycles. The Balaban J connectivity index is 1.53. The third kappa shape index (κ3) is 2.06. The van der Waals surface area contributed by atoms with Crippen LogP contribution in [0.5, 0.6) is 0 Å². The Kier molecular flexibility index (Phi) is 2.92. The molecule has 5 rings (SSSR count). The molecule has 0 spiro atoms. The van der Waals surface area contributed by atoms with Gasteiger partial charge in [-0.3, -0.25) is 4.79 Å². The van der Waals surface area contributed by atoms with Gasteiger partial charge in [-0.2, -0.15) is 0 Å². The Hall–Kier alpha value is -2.01. The van der Waals surface area contributed by atoms with Crippen molar-refractivity contribution in [2.75, 3.05) is 26.3 Å². The van der Waals surface area contributed by atoms with Crippen LogP contribution >= 0.6 is 0 Å². The first-order valence-corrected chi connectivity index (χ1v) is 8.48. The summed E-state index contributed by atoms with van der Waals surface area (Å²) in [4.78, 5) is 24.2. The first kappa shape index (κ1) is 13.4. The van der Waals surface area contributed by atoms with Crippen LogP contribution in [-0.4, -0.2) is 47.1 Å². The third-order valence-electron chi connectivity index (χ3n) is 5.47. The molecule has 3 aliphatic rings. The van der Waals surface area contributed by atoms with E-state index in [9.17, 15) is 4.79 Å². The van der Waals surface area contributed by atoms with Crippen LogP contribution in [0.1, 0.15) is 52.8 Å². The standard InChI is InChI=1S/C18H19N3O2/c22-18(21-5-7-23-8-6-21)13-3-4-14-15(10-13)20-17-12-2-1-11(9-12)16(17)19-14/h3-4,10-12H,1-2,5-9H2. The van der Waals surface area contributed by atoms with Gasteiger partial charge in [0.25, 0.3) is 5.91 Å². The number of benzene rings is 1. The van der Waals surface area contributed by atoms with E-state index >= 15 is 0 Å². The lowest BCUT2D eigenvalue weighted by molar-refractivity contribution is 0.0303. The summed E-state index contributed by atoms with van der Waals surface area (Å²) < 4.78 is 5.32. The first-order valence-electron chi connectivity index (χ1n) is 8.48. The van der Waals surface area contributed by atoms with Gasteiger partial charge < -0.3 is 9.64 Å². The van der Waals surface area contributed by atoms with Crippen molar-refractivity contribution in [1.82, 2.24) is 14.9 Å². The molecule has 23 heavy (non-hydrogen) atoms. The quantitative estimate of drug-likeness (QED) is 0.812. The predicted octanol–water partition coefficient (Wildman–Crippen LogP) is 2.47. The number of morpholine rings is 1. The minimum Gasteiger partial charge on any atom is -0.378 e. The van der Waals surface area contributed by atoms with E-state index in [4.69, 9.17) is 14.7 Å². The van der Waals surface area contributed by atoms with Gasteiger partial charge in [0.05, 0.1) is 35.6 Å².